The largest absolute Gasteiger partial charge is 0.468 e. The standard InChI is InChI=1S/C12H15ClFNO2/c1-3-7-15-11(12(16)17-2)10-8(13)5-4-6-9(10)14/h4-6,11,15H,3,7H2,1-2H3. The lowest BCUT2D eigenvalue weighted by Gasteiger charge is -2.18. The van der Waals surface area contributed by atoms with E-state index < -0.39 is 17.8 Å². The van der Waals surface area contributed by atoms with Gasteiger partial charge in [0.2, 0.25) is 0 Å². The summed E-state index contributed by atoms with van der Waals surface area (Å²) in [5, 5.41) is 3.13. The van der Waals surface area contributed by atoms with Crippen LogP contribution in [0.2, 0.25) is 5.02 Å². The lowest BCUT2D eigenvalue weighted by molar-refractivity contribution is -0.143. The highest BCUT2D eigenvalue weighted by Gasteiger charge is 2.26. The Kier molecular flexibility index (Phi) is 5.38. The molecule has 0 fully saturated rings. The van der Waals surface area contributed by atoms with Gasteiger partial charge in [-0.2, -0.15) is 0 Å². The van der Waals surface area contributed by atoms with E-state index in [9.17, 15) is 9.18 Å². The van der Waals surface area contributed by atoms with Crippen molar-refractivity contribution < 1.29 is 13.9 Å². The van der Waals surface area contributed by atoms with Crippen LogP contribution in [0.3, 0.4) is 0 Å². The number of carbonyl (C=O) groups excluding carboxylic acids is 1. The van der Waals surface area contributed by atoms with E-state index in [1.807, 2.05) is 6.92 Å². The fraction of sp³-hybridized carbons (Fsp3) is 0.417. The smallest absolute Gasteiger partial charge is 0.327 e. The van der Waals surface area contributed by atoms with E-state index in [1.54, 1.807) is 6.07 Å². The van der Waals surface area contributed by atoms with Gasteiger partial charge in [-0.05, 0) is 25.1 Å². The van der Waals surface area contributed by atoms with Gasteiger partial charge in [0.25, 0.3) is 0 Å². The summed E-state index contributed by atoms with van der Waals surface area (Å²) < 4.78 is 18.3. The van der Waals surface area contributed by atoms with Crippen LogP contribution in [0, 0.1) is 5.82 Å². The second-order valence-corrected chi connectivity index (χ2v) is 3.95. The van der Waals surface area contributed by atoms with Crippen LogP contribution in [0.1, 0.15) is 24.9 Å². The molecule has 0 aliphatic heterocycles. The van der Waals surface area contributed by atoms with Crippen LogP contribution in [0.15, 0.2) is 18.2 Å². The predicted octanol–water partition coefficient (Wildman–Crippen LogP) is 2.69. The van der Waals surface area contributed by atoms with Gasteiger partial charge < -0.3 is 10.1 Å². The number of rotatable bonds is 5. The normalized spacial score (nSPS) is 12.2. The lowest BCUT2D eigenvalue weighted by Crippen LogP contribution is -2.31. The van der Waals surface area contributed by atoms with E-state index in [2.05, 4.69) is 10.1 Å². The Morgan fingerprint density at radius 1 is 1.59 bits per heavy atom. The van der Waals surface area contributed by atoms with Crippen LogP contribution in [-0.4, -0.2) is 19.6 Å². The summed E-state index contributed by atoms with van der Waals surface area (Å²) in [7, 11) is 1.26. The van der Waals surface area contributed by atoms with Crippen LogP contribution >= 0.6 is 11.6 Å². The van der Waals surface area contributed by atoms with Crippen molar-refractivity contribution in [1.82, 2.24) is 5.32 Å². The molecule has 1 atom stereocenters. The minimum Gasteiger partial charge on any atom is -0.468 e. The average molecular weight is 260 g/mol. The monoisotopic (exact) mass is 259 g/mol. The first-order valence-corrected chi connectivity index (χ1v) is 5.74. The Morgan fingerprint density at radius 3 is 2.82 bits per heavy atom. The van der Waals surface area contributed by atoms with Crippen LogP contribution in [0.4, 0.5) is 4.39 Å². The topological polar surface area (TPSA) is 38.3 Å². The van der Waals surface area contributed by atoms with Crippen LogP contribution in [-0.2, 0) is 9.53 Å². The van der Waals surface area contributed by atoms with Crippen molar-refractivity contribution in [3.8, 4) is 0 Å². The molecule has 1 aromatic rings. The maximum Gasteiger partial charge on any atom is 0.327 e. The third kappa shape index (κ3) is 3.41. The average Bonchev–Trinajstić information content (AvgIpc) is 2.32. The highest BCUT2D eigenvalue weighted by Crippen LogP contribution is 2.26. The number of nitrogens with one attached hydrogen (secondary N) is 1. The van der Waals surface area contributed by atoms with Crippen molar-refractivity contribution in [1.29, 1.82) is 0 Å². The van der Waals surface area contributed by atoms with E-state index in [-0.39, 0.29) is 10.6 Å². The molecular formula is C12H15ClFNO2. The third-order valence-corrected chi connectivity index (χ3v) is 2.65. The second-order valence-electron chi connectivity index (χ2n) is 3.55. The Labute approximate surface area is 105 Å². The molecule has 0 aromatic heterocycles. The first-order chi connectivity index (χ1) is 8.11. The van der Waals surface area contributed by atoms with Crippen molar-refractivity contribution in [2.75, 3.05) is 13.7 Å². The first kappa shape index (κ1) is 13.9. The molecule has 1 N–H and O–H groups in total. The molecule has 0 aliphatic carbocycles. The van der Waals surface area contributed by atoms with Gasteiger partial charge in [0.05, 0.1) is 7.11 Å². The molecule has 3 nitrogen and oxygen atoms in total. The predicted molar refractivity (Wildman–Crippen MR) is 64.5 cm³/mol. The first-order valence-electron chi connectivity index (χ1n) is 5.37. The van der Waals surface area contributed by atoms with Gasteiger partial charge in [-0.1, -0.05) is 24.6 Å². The second kappa shape index (κ2) is 6.57. The fourth-order valence-electron chi connectivity index (χ4n) is 1.50. The molecule has 0 radical (unpaired) electrons. The molecule has 0 saturated heterocycles. The molecule has 1 rings (SSSR count). The molecule has 0 bridgehead atoms. The Balaban J connectivity index is 3.07. The maximum absolute atomic E-state index is 13.7. The highest BCUT2D eigenvalue weighted by atomic mass is 35.5. The maximum atomic E-state index is 13.7. The van der Waals surface area contributed by atoms with E-state index in [0.717, 1.165) is 6.42 Å². The number of benzene rings is 1. The molecule has 1 aromatic carbocycles. The summed E-state index contributed by atoms with van der Waals surface area (Å²) >= 11 is 5.92. The fourth-order valence-corrected chi connectivity index (χ4v) is 1.77. The summed E-state index contributed by atoms with van der Waals surface area (Å²) in [5.74, 6) is -1.07. The Morgan fingerprint density at radius 2 is 2.29 bits per heavy atom. The zero-order valence-electron chi connectivity index (χ0n) is 9.80. The molecule has 0 saturated carbocycles. The summed E-state index contributed by atoms with van der Waals surface area (Å²) in [6.07, 6.45) is 0.819. The Bertz CT molecular complexity index is 378. The molecule has 0 spiro atoms. The summed E-state index contributed by atoms with van der Waals surface area (Å²) in [5.41, 5.74) is 0.134. The number of esters is 1. The molecule has 1 unspecified atom stereocenters. The number of hydrogen-bond acceptors (Lipinski definition) is 3. The quantitative estimate of drug-likeness (QED) is 0.827. The third-order valence-electron chi connectivity index (χ3n) is 2.32. The molecule has 17 heavy (non-hydrogen) atoms. The zero-order chi connectivity index (χ0) is 12.8. The van der Waals surface area contributed by atoms with Gasteiger partial charge in [-0.25, -0.2) is 9.18 Å². The van der Waals surface area contributed by atoms with Gasteiger partial charge in [0.1, 0.15) is 11.9 Å². The van der Waals surface area contributed by atoms with Crippen molar-refractivity contribution in [2.24, 2.45) is 0 Å². The number of halogens is 2. The minimum absolute atomic E-state index is 0.134. The number of methoxy groups -OCH3 is 1. The van der Waals surface area contributed by atoms with Crippen LogP contribution < -0.4 is 5.32 Å². The van der Waals surface area contributed by atoms with Crippen LogP contribution in [0.25, 0.3) is 0 Å². The number of carbonyl (C=O) groups is 1. The van der Waals surface area contributed by atoms with E-state index >= 15 is 0 Å². The van der Waals surface area contributed by atoms with Crippen molar-refractivity contribution in [2.45, 2.75) is 19.4 Å². The molecule has 94 valence electrons. The minimum atomic E-state index is -0.867. The summed E-state index contributed by atoms with van der Waals surface area (Å²) in [6.45, 7) is 2.52. The number of ether oxygens (including phenoxy) is 1. The molecular weight excluding hydrogens is 245 g/mol. The van der Waals surface area contributed by atoms with E-state index in [4.69, 9.17) is 11.6 Å². The van der Waals surface area contributed by atoms with Gasteiger partial charge in [0.15, 0.2) is 0 Å². The highest BCUT2D eigenvalue weighted by molar-refractivity contribution is 6.31. The molecule has 0 heterocycles. The molecule has 5 heteroatoms. The molecule has 0 aliphatic rings. The summed E-state index contributed by atoms with van der Waals surface area (Å²) in [6, 6.07) is 3.44. The van der Waals surface area contributed by atoms with Crippen molar-refractivity contribution in [3.05, 3.63) is 34.6 Å². The van der Waals surface area contributed by atoms with Crippen molar-refractivity contribution >= 4 is 17.6 Å². The van der Waals surface area contributed by atoms with Gasteiger partial charge in [-0.15, -0.1) is 0 Å². The van der Waals surface area contributed by atoms with Gasteiger partial charge in [-0.3, -0.25) is 0 Å². The van der Waals surface area contributed by atoms with Gasteiger partial charge in [0, 0.05) is 10.6 Å². The number of hydrogen-bond donors (Lipinski definition) is 1. The van der Waals surface area contributed by atoms with Crippen molar-refractivity contribution in [3.63, 3.8) is 0 Å². The van der Waals surface area contributed by atoms with E-state index in [0.29, 0.717) is 6.54 Å². The summed E-state index contributed by atoms with van der Waals surface area (Å²) in [4.78, 5) is 11.6. The zero-order valence-corrected chi connectivity index (χ0v) is 10.6. The van der Waals surface area contributed by atoms with Gasteiger partial charge >= 0.3 is 5.97 Å². The Hall–Kier alpha value is -1.13. The van der Waals surface area contributed by atoms with Crippen LogP contribution in [0.5, 0.6) is 0 Å². The van der Waals surface area contributed by atoms with E-state index in [1.165, 1.54) is 19.2 Å². The lowest BCUT2D eigenvalue weighted by atomic mass is 10.1. The molecule has 0 amide bonds. The SMILES string of the molecule is CCCNC(C(=O)OC)c1c(F)cccc1Cl.